The zero-order chi connectivity index (χ0) is 11.6. The van der Waals surface area contributed by atoms with Gasteiger partial charge in [0.05, 0.1) is 10.7 Å². The molecular formula is C8H11ClN2O3S. The van der Waals surface area contributed by atoms with Crippen LogP contribution in [0.15, 0.2) is 18.2 Å². The number of nitrogens with one attached hydrogen (secondary N) is 1. The molecular weight excluding hydrogens is 240 g/mol. The minimum atomic E-state index is -3.55. The van der Waals surface area contributed by atoms with Crippen molar-refractivity contribution in [1.29, 1.82) is 0 Å². The van der Waals surface area contributed by atoms with Gasteiger partial charge in [-0.1, -0.05) is 11.6 Å². The molecule has 0 aliphatic carbocycles. The number of anilines is 1. The Bertz CT molecular complexity index is 459. The topological polar surface area (TPSA) is 69.6 Å². The van der Waals surface area contributed by atoms with E-state index >= 15 is 0 Å². The van der Waals surface area contributed by atoms with Gasteiger partial charge in [0.25, 0.3) is 0 Å². The lowest BCUT2D eigenvalue weighted by Crippen LogP contribution is -2.28. The Labute approximate surface area is 93.5 Å². The van der Waals surface area contributed by atoms with Gasteiger partial charge in [0.15, 0.2) is 0 Å². The molecule has 15 heavy (non-hydrogen) atoms. The fraction of sp³-hybridized carbons (Fsp3) is 0.250. The molecule has 0 amide bonds. The van der Waals surface area contributed by atoms with Crippen molar-refractivity contribution < 1.29 is 13.5 Å². The molecule has 1 rings (SSSR count). The van der Waals surface area contributed by atoms with Crippen molar-refractivity contribution in [3.63, 3.8) is 0 Å². The SMILES string of the molecule is CN(C)S(=O)(=O)Nc1ccc(Cl)c(O)c1. The molecule has 1 aromatic carbocycles. The minimum Gasteiger partial charge on any atom is -0.506 e. The van der Waals surface area contributed by atoms with Gasteiger partial charge < -0.3 is 5.11 Å². The van der Waals surface area contributed by atoms with Crippen LogP contribution in [0.3, 0.4) is 0 Å². The lowest BCUT2D eigenvalue weighted by Gasteiger charge is -2.13. The van der Waals surface area contributed by atoms with Crippen LogP contribution in [0.25, 0.3) is 0 Å². The standard InChI is InChI=1S/C8H11ClN2O3S/c1-11(2)15(13,14)10-6-3-4-7(9)8(12)5-6/h3-5,10,12H,1-2H3. The maximum Gasteiger partial charge on any atom is 0.301 e. The number of benzene rings is 1. The van der Waals surface area contributed by atoms with E-state index in [1.54, 1.807) is 0 Å². The highest BCUT2D eigenvalue weighted by Gasteiger charge is 2.13. The van der Waals surface area contributed by atoms with Crippen LogP contribution in [0.4, 0.5) is 5.69 Å². The monoisotopic (exact) mass is 250 g/mol. The summed E-state index contributed by atoms with van der Waals surface area (Å²) in [6.07, 6.45) is 0. The van der Waals surface area contributed by atoms with Crippen molar-refractivity contribution >= 4 is 27.5 Å². The smallest absolute Gasteiger partial charge is 0.301 e. The number of aromatic hydroxyl groups is 1. The van der Waals surface area contributed by atoms with Crippen LogP contribution in [-0.2, 0) is 10.2 Å². The highest BCUT2D eigenvalue weighted by atomic mass is 35.5. The molecule has 0 unspecified atom stereocenters. The van der Waals surface area contributed by atoms with Crippen LogP contribution in [0.5, 0.6) is 5.75 Å². The molecule has 2 N–H and O–H groups in total. The quantitative estimate of drug-likeness (QED) is 0.849. The van der Waals surface area contributed by atoms with Gasteiger partial charge in [-0.2, -0.15) is 12.7 Å². The average molecular weight is 251 g/mol. The summed E-state index contributed by atoms with van der Waals surface area (Å²) in [7, 11) is -0.750. The highest BCUT2D eigenvalue weighted by molar-refractivity contribution is 7.90. The van der Waals surface area contributed by atoms with Gasteiger partial charge in [-0.05, 0) is 12.1 Å². The van der Waals surface area contributed by atoms with Crippen LogP contribution in [0.1, 0.15) is 0 Å². The zero-order valence-corrected chi connectivity index (χ0v) is 9.80. The summed E-state index contributed by atoms with van der Waals surface area (Å²) in [5, 5.41) is 9.42. The molecule has 0 aromatic heterocycles. The zero-order valence-electron chi connectivity index (χ0n) is 8.23. The van der Waals surface area contributed by atoms with Crippen LogP contribution in [-0.4, -0.2) is 31.9 Å². The number of phenols is 1. The Balaban J connectivity index is 2.96. The fourth-order valence-electron chi connectivity index (χ4n) is 0.816. The molecule has 84 valence electrons. The van der Waals surface area contributed by atoms with Gasteiger partial charge in [-0.3, -0.25) is 4.72 Å². The first kappa shape index (κ1) is 12.1. The summed E-state index contributed by atoms with van der Waals surface area (Å²) in [6.45, 7) is 0. The van der Waals surface area contributed by atoms with E-state index < -0.39 is 10.2 Å². The van der Waals surface area contributed by atoms with Crippen molar-refractivity contribution in [3.05, 3.63) is 23.2 Å². The molecule has 0 bridgehead atoms. The van der Waals surface area contributed by atoms with E-state index in [0.717, 1.165) is 4.31 Å². The molecule has 0 aliphatic heterocycles. The molecule has 7 heteroatoms. The lowest BCUT2D eigenvalue weighted by molar-refractivity contribution is 0.476. The molecule has 1 aromatic rings. The first-order valence-electron chi connectivity index (χ1n) is 4.02. The van der Waals surface area contributed by atoms with Crippen molar-refractivity contribution in [3.8, 4) is 5.75 Å². The maximum atomic E-state index is 11.4. The summed E-state index contributed by atoms with van der Waals surface area (Å²) in [4.78, 5) is 0. The van der Waals surface area contributed by atoms with E-state index in [1.807, 2.05) is 0 Å². The van der Waals surface area contributed by atoms with E-state index in [1.165, 1.54) is 32.3 Å². The Hall–Kier alpha value is -0.980. The average Bonchev–Trinajstić information content (AvgIpc) is 2.10. The first-order chi connectivity index (χ1) is 6.83. The number of rotatable bonds is 3. The van der Waals surface area contributed by atoms with Gasteiger partial charge in [0.1, 0.15) is 5.75 Å². The van der Waals surface area contributed by atoms with E-state index in [0.29, 0.717) is 0 Å². The van der Waals surface area contributed by atoms with E-state index in [9.17, 15) is 13.5 Å². The van der Waals surface area contributed by atoms with Gasteiger partial charge in [0.2, 0.25) is 0 Å². The van der Waals surface area contributed by atoms with Crippen molar-refractivity contribution in [2.75, 3.05) is 18.8 Å². The molecule has 0 radical (unpaired) electrons. The van der Waals surface area contributed by atoms with Crippen LogP contribution in [0.2, 0.25) is 5.02 Å². The molecule has 0 atom stereocenters. The maximum absolute atomic E-state index is 11.4. The fourth-order valence-corrected chi connectivity index (χ4v) is 1.54. The molecule has 0 heterocycles. The number of nitrogens with zero attached hydrogens (tertiary/aromatic N) is 1. The summed E-state index contributed by atoms with van der Waals surface area (Å²) < 4.78 is 26.1. The number of phenolic OH excluding ortho intramolecular Hbond substituents is 1. The lowest BCUT2D eigenvalue weighted by atomic mass is 10.3. The summed E-state index contributed by atoms with van der Waals surface area (Å²) >= 11 is 5.58. The second-order valence-electron chi connectivity index (χ2n) is 3.06. The third-order valence-electron chi connectivity index (χ3n) is 1.67. The van der Waals surface area contributed by atoms with Crippen molar-refractivity contribution in [2.45, 2.75) is 0 Å². The van der Waals surface area contributed by atoms with Gasteiger partial charge in [-0.15, -0.1) is 0 Å². The molecule has 5 nitrogen and oxygen atoms in total. The van der Waals surface area contributed by atoms with E-state index in [4.69, 9.17) is 11.6 Å². The Morgan fingerprint density at radius 3 is 2.47 bits per heavy atom. The van der Waals surface area contributed by atoms with Crippen LogP contribution in [0, 0.1) is 0 Å². The highest BCUT2D eigenvalue weighted by Crippen LogP contribution is 2.26. The van der Waals surface area contributed by atoms with Gasteiger partial charge in [0, 0.05) is 20.2 Å². The van der Waals surface area contributed by atoms with Crippen molar-refractivity contribution in [2.24, 2.45) is 0 Å². The number of hydrogen-bond acceptors (Lipinski definition) is 3. The number of hydrogen-bond donors (Lipinski definition) is 2. The van der Waals surface area contributed by atoms with Crippen LogP contribution < -0.4 is 4.72 Å². The number of halogens is 1. The Kier molecular flexibility index (Phi) is 3.43. The summed E-state index contributed by atoms with van der Waals surface area (Å²) in [5.41, 5.74) is 0.255. The van der Waals surface area contributed by atoms with Gasteiger partial charge in [-0.25, -0.2) is 0 Å². The summed E-state index contributed by atoms with van der Waals surface area (Å²) in [5.74, 6) is -0.171. The molecule has 0 saturated heterocycles. The second kappa shape index (κ2) is 4.26. The molecule has 0 aliphatic rings. The normalized spacial score (nSPS) is 11.7. The predicted octanol–water partition coefficient (Wildman–Crippen LogP) is 1.26. The predicted molar refractivity (Wildman–Crippen MR) is 59.3 cm³/mol. The second-order valence-corrected chi connectivity index (χ2v) is 5.35. The Morgan fingerprint density at radius 1 is 1.40 bits per heavy atom. The largest absolute Gasteiger partial charge is 0.506 e. The third-order valence-corrected chi connectivity index (χ3v) is 3.45. The van der Waals surface area contributed by atoms with Gasteiger partial charge >= 0.3 is 10.2 Å². The van der Waals surface area contributed by atoms with Crippen LogP contribution >= 0.6 is 11.6 Å². The van der Waals surface area contributed by atoms with E-state index in [-0.39, 0.29) is 16.5 Å². The summed E-state index contributed by atoms with van der Waals surface area (Å²) in [6, 6.07) is 4.11. The van der Waals surface area contributed by atoms with Crippen molar-refractivity contribution in [1.82, 2.24) is 4.31 Å². The van der Waals surface area contributed by atoms with E-state index in [2.05, 4.69) is 4.72 Å². The molecule has 0 spiro atoms. The minimum absolute atomic E-state index is 0.169. The third kappa shape index (κ3) is 2.98. The Morgan fingerprint density at radius 2 is 2.00 bits per heavy atom. The first-order valence-corrected chi connectivity index (χ1v) is 5.83. The molecule has 0 fully saturated rings. The molecule has 0 saturated carbocycles.